The molecule has 18 heavy (non-hydrogen) atoms. The van der Waals surface area contributed by atoms with Crippen LogP contribution in [0.4, 0.5) is 5.82 Å². The van der Waals surface area contributed by atoms with E-state index in [1.54, 1.807) is 0 Å². The summed E-state index contributed by atoms with van der Waals surface area (Å²) in [5, 5.41) is 22.3. The van der Waals surface area contributed by atoms with Gasteiger partial charge in [0.2, 0.25) is 0 Å². The average molecular weight is 251 g/mol. The molecule has 0 saturated carbocycles. The molecule has 0 amide bonds. The van der Waals surface area contributed by atoms with E-state index in [4.69, 9.17) is 0 Å². The highest BCUT2D eigenvalue weighted by Gasteiger charge is 2.30. The second kappa shape index (κ2) is 6.13. The summed E-state index contributed by atoms with van der Waals surface area (Å²) in [6.45, 7) is 4.86. The molecule has 0 bridgehead atoms. The fourth-order valence-corrected chi connectivity index (χ4v) is 2.07. The molecule has 2 heterocycles. The smallest absolute Gasteiger partial charge is 0.128 e. The lowest BCUT2D eigenvalue weighted by molar-refractivity contribution is 0.0572. The number of hydrogen-bond acceptors (Lipinski definition) is 5. The molecule has 2 atom stereocenters. The number of hydrogen-bond donors (Lipinski definition) is 3. The number of rotatable bonds is 5. The fraction of sp³-hybridized carbons (Fsp3) is 0.615. The van der Waals surface area contributed by atoms with Gasteiger partial charge in [-0.15, -0.1) is 0 Å². The van der Waals surface area contributed by atoms with Gasteiger partial charge in [0.15, 0.2) is 0 Å². The molecule has 0 spiro atoms. The van der Waals surface area contributed by atoms with Crippen molar-refractivity contribution in [2.45, 2.75) is 32.1 Å². The van der Waals surface area contributed by atoms with E-state index in [0.717, 1.165) is 30.9 Å². The Morgan fingerprint density at radius 1 is 1.33 bits per heavy atom. The van der Waals surface area contributed by atoms with Crippen LogP contribution in [0.15, 0.2) is 18.3 Å². The Hall–Kier alpha value is -1.17. The van der Waals surface area contributed by atoms with Crippen LogP contribution in [0.1, 0.15) is 18.9 Å². The number of nitrogens with zero attached hydrogens (tertiary/aromatic N) is 2. The van der Waals surface area contributed by atoms with Crippen molar-refractivity contribution in [1.82, 2.24) is 10.3 Å². The summed E-state index contributed by atoms with van der Waals surface area (Å²) in [6, 6.07) is 3.97. The Balaban J connectivity index is 1.91. The molecular formula is C13H21N3O2. The van der Waals surface area contributed by atoms with Crippen LogP contribution >= 0.6 is 0 Å². The summed E-state index contributed by atoms with van der Waals surface area (Å²) < 4.78 is 0. The number of nitrogens with one attached hydrogen (secondary N) is 1. The van der Waals surface area contributed by atoms with Crippen LogP contribution in [0.2, 0.25) is 0 Å². The van der Waals surface area contributed by atoms with Crippen LogP contribution in [0.25, 0.3) is 0 Å². The van der Waals surface area contributed by atoms with Gasteiger partial charge in [-0.1, -0.05) is 13.0 Å². The maximum absolute atomic E-state index is 9.50. The summed E-state index contributed by atoms with van der Waals surface area (Å²) in [5.74, 6) is 0.810. The molecule has 2 unspecified atom stereocenters. The molecule has 5 nitrogen and oxygen atoms in total. The Kier molecular flexibility index (Phi) is 4.52. The molecule has 1 aliphatic heterocycles. The number of pyridine rings is 1. The second-order valence-electron chi connectivity index (χ2n) is 4.74. The Labute approximate surface area is 107 Å². The van der Waals surface area contributed by atoms with Gasteiger partial charge in [0, 0.05) is 25.8 Å². The summed E-state index contributed by atoms with van der Waals surface area (Å²) in [5.41, 5.74) is 1.15. The van der Waals surface area contributed by atoms with Crippen LogP contribution in [0, 0.1) is 0 Å². The van der Waals surface area contributed by atoms with Crippen molar-refractivity contribution in [2.75, 3.05) is 24.5 Å². The van der Waals surface area contributed by atoms with Gasteiger partial charge in [-0.05, 0) is 24.6 Å². The van der Waals surface area contributed by atoms with E-state index in [2.05, 4.69) is 17.2 Å². The van der Waals surface area contributed by atoms with E-state index in [-0.39, 0.29) is 0 Å². The van der Waals surface area contributed by atoms with Crippen LogP contribution in [0.3, 0.4) is 0 Å². The second-order valence-corrected chi connectivity index (χ2v) is 4.74. The van der Waals surface area contributed by atoms with E-state index in [1.807, 2.05) is 23.2 Å². The minimum atomic E-state index is -0.669. The summed E-state index contributed by atoms with van der Waals surface area (Å²) in [7, 11) is 0. The van der Waals surface area contributed by atoms with Crippen molar-refractivity contribution in [1.29, 1.82) is 0 Å². The first-order valence-corrected chi connectivity index (χ1v) is 6.47. The molecule has 2 rings (SSSR count). The molecule has 1 fully saturated rings. The van der Waals surface area contributed by atoms with Gasteiger partial charge in [-0.2, -0.15) is 0 Å². The van der Waals surface area contributed by atoms with Gasteiger partial charge >= 0.3 is 0 Å². The minimum absolute atomic E-state index is 0.446. The zero-order chi connectivity index (χ0) is 13.0. The summed E-state index contributed by atoms with van der Waals surface area (Å²) in [4.78, 5) is 6.27. The lowest BCUT2D eigenvalue weighted by Gasteiger charge is -2.16. The first-order valence-electron chi connectivity index (χ1n) is 6.47. The zero-order valence-corrected chi connectivity index (χ0v) is 10.7. The molecule has 100 valence electrons. The van der Waals surface area contributed by atoms with E-state index in [1.165, 1.54) is 0 Å². The molecule has 1 aromatic rings. The van der Waals surface area contributed by atoms with Crippen molar-refractivity contribution < 1.29 is 10.2 Å². The van der Waals surface area contributed by atoms with E-state index < -0.39 is 12.2 Å². The monoisotopic (exact) mass is 251 g/mol. The van der Waals surface area contributed by atoms with Crippen molar-refractivity contribution in [2.24, 2.45) is 0 Å². The van der Waals surface area contributed by atoms with Crippen molar-refractivity contribution >= 4 is 5.82 Å². The van der Waals surface area contributed by atoms with Gasteiger partial charge < -0.3 is 20.4 Å². The van der Waals surface area contributed by atoms with E-state index in [0.29, 0.717) is 13.1 Å². The number of anilines is 1. The van der Waals surface area contributed by atoms with Crippen molar-refractivity contribution in [3.63, 3.8) is 0 Å². The highest BCUT2D eigenvalue weighted by atomic mass is 16.3. The number of β-amino-alcohol motifs (C(OH)–C–C–N with tert-alkyl or cyclic N) is 2. The van der Waals surface area contributed by atoms with Crippen LogP contribution in [0.5, 0.6) is 0 Å². The third-order valence-corrected chi connectivity index (χ3v) is 3.15. The quantitative estimate of drug-likeness (QED) is 0.649. The Bertz CT molecular complexity index is 359. The van der Waals surface area contributed by atoms with Gasteiger partial charge in [0.05, 0.1) is 12.2 Å². The third-order valence-electron chi connectivity index (χ3n) is 3.15. The molecule has 0 aliphatic carbocycles. The SMILES string of the molecule is CCCNCc1ccc(N2CC(O)C(O)C2)nc1. The Morgan fingerprint density at radius 3 is 2.61 bits per heavy atom. The van der Waals surface area contributed by atoms with Gasteiger partial charge in [-0.3, -0.25) is 0 Å². The first kappa shape index (κ1) is 13.3. The lowest BCUT2D eigenvalue weighted by atomic mass is 10.2. The fourth-order valence-electron chi connectivity index (χ4n) is 2.07. The molecule has 1 saturated heterocycles. The van der Waals surface area contributed by atoms with Gasteiger partial charge in [0.1, 0.15) is 5.82 Å². The minimum Gasteiger partial charge on any atom is -0.389 e. The molecule has 1 aliphatic rings. The van der Waals surface area contributed by atoms with Crippen LogP contribution in [-0.4, -0.2) is 47.0 Å². The van der Waals surface area contributed by atoms with Crippen molar-refractivity contribution in [3.8, 4) is 0 Å². The van der Waals surface area contributed by atoms with Gasteiger partial charge in [0.25, 0.3) is 0 Å². The topological polar surface area (TPSA) is 68.6 Å². The largest absolute Gasteiger partial charge is 0.389 e. The molecule has 0 radical (unpaired) electrons. The predicted molar refractivity (Wildman–Crippen MR) is 70.5 cm³/mol. The summed E-state index contributed by atoms with van der Waals surface area (Å²) >= 11 is 0. The predicted octanol–water partition coefficient (Wildman–Crippen LogP) is 0.123. The first-order chi connectivity index (χ1) is 8.70. The third kappa shape index (κ3) is 3.19. The molecule has 1 aromatic heterocycles. The molecule has 0 aromatic carbocycles. The zero-order valence-electron chi connectivity index (χ0n) is 10.7. The molecular weight excluding hydrogens is 230 g/mol. The molecule has 5 heteroatoms. The van der Waals surface area contributed by atoms with Crippen LogP contribution < -0.4 is 10.2 Å². The maximum Gasteiger partial charge on any atom is 0.128 e. The van der Waals surface area contributed by atoms with Gasteiger partial charge in [-0.25, -0.2) is 4.98 Å². The van der Waals surface area contributed by atoms with Crippen LogP contribution in [-0.2, 0) is 6.54 Å². The lowest BCUT2D eigenvalue weighted by Crippen LogP contribution is -2.22. The number of aliphatic hydroxyl groups is 2. The standard InChI is InChI=1S/C13H21N3O2/c1-2-5-14-6-10-3-4-13(15-7-10)16-8-11(17)12(18)9-16/h3-4,7,11-12,14,17-18H,2,5-6,8-9H2,1H3. The van der Waals surface area contributed by atoms with E-state index >= 15 is 0 Å². The molecule has 3 N–H and O–H groups in total. The van der Waals surface area contributed by atoms with E-state index in [9.17, 15) is 10.2 Å². The highest BCUT2D eigenvalue weighted by Crippen LogP contribution is 2.18. The summed E-state index contributed by atoms with van der Waals surface area (Å²) in [6.07, 6.45) is 1.62. The number of aliphatic hydroxyl groups excluding tert-OH is 2. The average Bonchev–Trinajstić information content (AvgIpc) is 2.71. The highest BCUT2D eigenvalue weighted by molar-refractivity contribution is 5.41. The Morgan fingerprint density at radius 2 is 2.06 bits per heavy atom. The number of aromatic nitrogens is 1. The van der Waals surface area contributed by atoms with Crippen molar-refractivity contribution in [3.05, 3.63) is 23.9 Å². The normalized spacial score (nSPS) is 23.6. The maximum atomic E-state index is 9.50.